The van der Waals surface area contributed by atoms with Gasteiger partial charge in [0.15, 0.2) is 0 Å². The normalized spacial score (nSPS) is 20.3. The lowest BCUT2D eigenvalue weighted by atomic mass is 9.93. The zero-order valence-electron chi connectivity index (χ0n) is 15.1. The molecule has 1 aromatic heterocycles. The molecule has 0 aliphatic carbocycles. The number of ether oxygens (including phenoxy) is 1. The van der Waals surface area contributed by atoms with Crippen LogP contribution in [0.5, 0.6) is 0 Å². The van der Waals surface area contributed by atoms with Gasteiger partial charge in [0.2, 0.25) is 5.91 Å². The van der Waals surface area contributed by atoms with E-state index in [1.807, 2.05) is 24.3 Å². The highest BCUT2D eigenvalue weighted by molar-refractivity contribution is 5.97. The maximum Gasteiger partial charge on any atom is 0.258 e. The van der Waals surface area contributed by atoms with Crippen LogP contribution in [-0.2, 0) is 29.0 Å². The van der Waals surface area contributed by atoms with Crippen molar-refractivity contribution in [3.05, 3.63) is 59.0 Å². The number of fused-ring (bicyclic) bond motifs is 1. The molecule has 7 nitrogen and oxygen atoms in total. The van der Waals surface area contributed by atoms with Crippen molar-refractivity contribution in [1.82, 2.24) is 9.80 Å². The second-order valence-corrected chi connectivity index (χ2v) is 7.01. The van der Waals surface area contributed by atoms with Crippen molar-refractivity contribution in [1.29, 1.82) is 0 Å². The second kappa shape index (κ2) is 7.54. The van der Waals surface area contributed by atoms with Crippen molar-refractivity contribution in [3.8, 4) is 0 Å². The molecular formula is C20H23N3O4. The predicted octanol–water partition coefficient (Wildman–Crippen LogP) is 1.16. The lowest BCUT2D eigenvalue weighted by molar-refractivity contribution is -0.122. The van der Waals surface area contributed by atoms with Crippen LogP contribution in [0.2, 0.25) is 0 Å². The highest BCUT2D eigenvalue weighted by atomic mass is 16.5. The first kappa shape index (κ1) is 17.8. The van der Waals surface area contributed by atoms with E-state index in [4.69, 9.17) is 14.9 Å². The SMILES string of the molecule is NC(=O)C1Cc2ccccc2CN1C(=O)c1coc(CN2CCOCC2)c1. The van der Waals surface area contributed by atoms with E-state index < -0.39 is 11.9 Å². The topological polar surface area (TPSA) is 89.0 Å². The Bertz CT molecular complexity index is 841. The van der Waals surface area contributed by atoms with Gasteiger partial charge in [-0.1, -0.05) is 24.3 Å². The van der Waals surface area contributed by atoms with Gasteiger partial charge in [-0.05, 0) is 17.2 Å². The fraction of sp³-hybridized carbons (Fsp3) is 0.400. The number of carbonyl (C=O) groups is 2. The number of carbonyl (C=O) groups excluding carboxylic acids is 2. The van der Waals surface area contributed by atoms with Gasteiger partial charge in [0, 0.05) is 26.1 Å². The van der Waals surface area contributed by atoms with Crippen molar-refractivity contribution in [2.75, 3.05) is 26.3 Å². The standard InChI is InChI=1S/C20H23N3O4/c21-19(24)18-10-14-3-1-2-4-15(14)11-23(18)20(25)16-9-17(27-13-16)12-22-5-7-26-8-6-22/h1-4,9,13,18H,5-8,10-12H2,(H2,21,24). The Morgan fingerprint density at radius 2 is 1.89 bits per heavy atom. The highest BCUT2D eigenvalue weighted by Crippen LogP contribution is 2.25. The first-order valence-corrected chi connectivity index (χ1v) is 9.16. The van der Waals surface area contributed by atoms with E-state index in [0.717, 1.165) is 30.0 Å². The van der Waals surface area contributed by atoms with Gasteiger partial charge in [-0.3, -0.25) is 14.5 Å². The van der Waals surface area contributed by atoms with E-state index >= 15 is 0 Å². The van der Waals surface area contributed by atoms with Crippen LogP contribution in [0.1, 0.15) is 27.2 Å². The molecule has 2 aliphatic rings. The molecule has 4 rings (SSSR count). The number of nitrogens with two attached hydrogens (primary N) is 1. The molecule has 27 heavy (non-hydrogen) atoms. The minimum Gasteiger partial charge on any atom is -0.467 e. The monoisotopic (exact) mass is 369 g/mol. The van der Waals surface area contributed by atoms with Crippen LogP contribution in [0.15, 0.2) is 41.0 Å². The minimum absolute atomic E-state index is 0.231. The Labute approximate surface area is 157 Å². The first-order chi connectivity index (χ1) is 13.1. The van der Waals surface area contributed by atoms with Crippen molar-refractivity contribution in [2.45, 2.75) is 25.6 Å². The minimum atomic E-state index is -0.648. The summed E-state index contributed by atoms with van der Waals surface area (Å²) in [7, 11) is 0. The molecule has 1 unspecified atom stereocenters. The molecule has 1 saturated heterocycles. The number of benzene rings is 1. The molecule has 0 saturated carbocycles. The maximum absolute atomic E-state index is 13.1. The Balaban J connectivity index is 1.52. The summed E-state index contributed by atoms with van der Waals surface area (Å²) < 4.78 is 10.9. The average Bonchev–Trinajstić information content (AvgIpc) is 3.15. The van der Waals surface area contributed by atoms with Gasteiger partial charge in [0.1, 0.15) is 18.1 Å². The quantitative estimate of drug-likeness (QED) is 0.874. The molecule has 7 heteroatoms. The fourth-order valence-electron chi connectivity index (χ4n) is 3.71. The number of nitrogens with zero attached hydrogens (tertiary/aromatic N) is 2. The molecule has 0 radical (unpaired) electrons. The Kier molecular flexibility index (Phi) is 4.96. The van der Waals surface area contributed by atoms with Crippen molar-refractivity contribution in [2.24, 2.45) is 5.73 Å². The smallest absolute Gasteiger partial charge is 0.258 e. The lowest BCUT2D eigenvalue weighted by Crippen LogP contribution is -2.51. The van der Waals surface area contributed by atoms with E-state index in [1.54, 1.807) is 11.0 Å². The first-order valence-electron chi connectivity index (χ1n) is 9.16. The molecule has 2 aliphatic heterocycles. The second-order valence-electron chi connectivity index (χ2n) is 7.01. The summed E-state index contributed by atoms with van der Waals surface area (Å²) in [4.78, 5) is 28.8. The summed E-state index contributed by atoms with van der Waals surface area (Å²) in [5.41, 5.74) is 8.14. The van der Waals surface area contributed by atoms with Gasteiger partial charge in [-0.15, -0.1) is 0 Å². The molecule has 2 amide bonds. The van der Waals surface area contributed by atoms with Crippen LogP contribution >= 0.6 is 0 Å². The largest absolute Gasteiger partial charge is 0.467 e. The third kappa shape index (κ3) is 3.74. The molecule has 3 heterocycles. The van der Waals surface area contributed by atoms with Gasteiger partial charge in [-0.25, -0.2) is 0 Å². The third-order valence-corrected chi connectivity index (χ3v) is 5.22. The van der Waals surface area contributed by atoms with Crippen LogP contribution < -0.4 is 5.73 Å². The highest BCUT2D eigenvalue weighted by Gasteiger charge is 2.34. The predicted molar refractivity (Wildman–Crippen MR) is 97.8 cm³/mol. The summed E-state index contributed by atoms with van der Waals surface area (Å²) in [5.74, 6) is 0.00783. The van der Waals surface area contributed by atoms with Crippen LogP contribution in [0.25, 0.3) is 0 Å². The molecule has 1 aromatic carbocycles. The zero-order valence-corrected chi connectivity index (χ0v) is 15.1. The Morgan fingerprint density at radius 1 is 1.15 bits per heavy atom. The average molecular weight is 369 g/mol. The molecule has 2 N–H and O–H groups in total. The van der Waals surface area contributed by atoms with E-state index in [0.29, 0.717) is 38.3 Å². The summed E-state index contributed by atoms with van der Waals surface area (Å²) in [6.07, 6.45) is 1.91. The number of primary amides is 1. The van der Waals surface area contributed by atoms with Gasteiger partial charge in [0.05, 0.1) is 25.3 Å². The summed E-state index contributed by atoms with van der Waals surface area (Å²) in [6, 6.07) is 8.94. The van der Waals surface area contributed by atoms with Gasteiger partial charge in [0.25, 0.3) is 5.91 Å². The maximum atomic E-state index is 13.1. The van der Waals surface area contributed by atoms with E-state index in [-0.39, 0.29) is 5.91 Å². The number of rotatable bonds is 4. The van der Waals surface area contributed by atoms with Gasteiger partial charge in [-0.2, -0.15) is 0 Å². The lowest BCUT2D eigenvalue weighted by Gasteiger charge is -2.34. The van der Waals surface area contributed by atoms with Gasteiger partial charge >= 0.3 is 0 Å². The number of hydrogen-bond acceptors (Lipinski definition) is 5. The van der Waals surface area contributed by atoms with Crippen LogP contribution in [0.3, 0.4) is 0 Å². The van der Waals surface area contributed by atoms with Crippen LogP contribution in [-0.4, -0.2) is 54.0 Å². The molecule has 1 atom stereocenters. The van der Waals surface area contributed by atoms with Gasteiger partial charge < -0.3 is 19.8 Å². The molecular weight excluding hydrogens is 346 g/mol. The van der Waals surface area contributed by atoms with Crippen LogP contribution in [0.4, 0.5) is 0 Å². The molecule has 0 bridgehead atoms. The third-order valence-electron chi connectivity index (χ3n) is 5.22. The number of furan rings is 1. The summed E-state index contributed by atoms with van der Waals surface area (Å²) in [5, 5.41) is 0. The Hall–Kier alpha value is -2.64. The van der Waals surface area contributed by atoms with Crippen LogP contribution in [0, 0.1) is 0 Å². The van der Waals surface area contributed by atoms with E-state index in [2.05, 4.69) is 4.90 Å². The Morgan fingerprint density at radius 3 is 2.63 bits per heavy atom. The molecule has 2 aromatic rings. The number of amides is 2. The number of hydrogen-bond donors (Lipinski definition) is 1. The molecule has 1 fully saturated rings. The molecule has 0 spiro atoms. The summed E-state index contributed by atoms with van der Waals surface area (Å²) in [6.45, 7) is 4.11. The van der Waals surface area contributed by atoms with Crippen molar-refractivity contribution < 1.29 is 18.7 Å². The number of morpholine rings is 1. The summed E-state index contributed by atoms with van der Waals surface area (Å²) >= 11 is 0. The van der Waals surface area contributed by atoms with Crippen molar-refractivity contribution >= 4 is 11.8 Å². The van der Waals surface area contributed by atoms with Crippen molar-refractivity contribution in [3.63, 3.8) is 0 Å². The van der Waals surface area contributed by atoms with E-state index in [9.17, 15) is 9.59 Å². The zero-order chi connectivity index (χ0) is 18.8. The van der Waals surface area contributed by atoms with E-state index in [1.165, 1.54) is 6.26 Å². The molecule has 142 valence electrons. The fourth-order valence-corrected chi connectivity index (χ4v) is 3.71.